The van der Waals surface area contributed by atoms with Crippen LogP contribution in [0.5, 0.6) is 0 Å². The van der Waals surface area contributed by atoms with Crippen LogP contribution in [0.4, 0.5) is 5.95 Å². The number of anilines is 1. The second kappa shape index (κ2) is 6.33. The first-order chi connectivity index (χ1) is 9.06. The molecule has 1 aromatic rings. The molecule has 0 bridgehead atoms. The maximum Gasteiger partial charge on any atom is 0.225 e. The summed E-state index contributed by atoms with van der Waals surface area (Å²) in [7, 11) is 2.10. The molecule has 1 heterocycles. The Kier molecular flexibility index (Phi) is 4.75. The van der Waals surface area contributed by atoms with Crippen molar-refractivity contribution in [3.05, 3.63) is 17.5 Å². The fraction of sp³-hybridized carbons (Fsp3) is 0.733. The fourth-order valence-electron chi connectivity index (χ4n) is 2.30. The zero-order chi connectivity index (χ0) is 13.8. The summed E-state index contributed by atoms with van der Waals surface area (Å²) in [5.74, 6) is 1.70. The van der Waals surface area contributed by atoms with Gasteiger partial charge in [0.2, 0.25) is 5.95 Å². The molecule has 1 saturated carbocycles. The normalized spacial score (nSPS) is 15.6. The van der Waals surface area contributed by atoms with E-state index in [1.54, 1.807) is 0 Å². The van der Waals surface area contributed by atoms with Crippen LogP contribution in [0.25, 0.3) is 0 Å². The monoisotopic (exact) mass is 262 g/mol. The number of nitrogens with zero attached hydrogens (tertiary/aromatic N) is 3. The topological polar surface area (TPSA) is 41.1 Å². The molecule has 0 atom stereocenters. The van der Waals surface area contributed by atoms with Crippen LogP contribution in [0.2, 0.25) is 0 Å². The summed E-state index contributed by atoms with van der Waals surface area (Å²) in [5.41, 5.74) is 2.27. The zero-order valence-electron chi connectivity index (χ0n) is 12.6. The van der Waals surface area contributed by atoms with Crippen molar-refractivity contribution in [2.24, 2.45) is 5.92 Å². The van der Waals surface area contributed by atoms with E-state index in [1.165, 1.54) is 24.8 Å². The van der Waals surface area contributed by atoms with Gasteiger partial charge in [0.1, 0.15) is 0 Å². The van der Waals surface area contributed by atoms with E-state index in [2.05, 4.69) is 48.0 Å². The third-order valence-electron chi connectivity index (χ3n) is 3.87. The molecule has 1 aliphatic carbocycles. The molecule has 106 valence electrons. The van der Waals surface area contributed by atoms with Crippen LogP contribution < -0.4 is 10.2 Å². The minimum Gasteiger partial charge on any atom is -0.344 e. The Morgan fingerprint density at radius 1 is 1.42 bits per heavy atom. The second-order valence-electron chi connectivity index (χ2n) is 5.99. The van der Waals surface area contributed by atoms with Gasteiger partial charge in [0.15, 0.2) is 0 Å². The van der Waals surface area contributed by atoms with Crippen molar-refractivity contribution in [1.29, 1.82) is 0 Å². The van der Waals surface area contributed by atoms with Gasteiger partial charge in [-0.15, -0.1) is 0 Å². The molecule has 2 rings (SSSR count). The Labute approximate surface area is 116 Å². The van der Waals surface area contributed by atoms with Gasteiger partial charge in [-0.3, -0.25) is 0 Å². The fourth-order valence-corrected chi connectivity index (χ4v) is 2.30. The molecular formula is C15H26N4. The van der Waals surface area contributed by atoms with Crippen molar-refractivity contribution >= 4 is 5.95 Å². The van der Waals surface area contributed by atoms with Crippen molar-refractivity contribution in [3.8, 4) is 0 Å². The van der Waals surface area contributed by atoms with E-state index < -0.39 is 0 Å². The maximum atomic E-state index is 4.64. The Bertz CT molecular complexity index is 413. The van der Waals surface area contributed by atoms with Crippen LogP contribution in [0, 0.1) is 12.8 Å². The van der Waals surface area contributed by atoms with Gasteiger partial charge >= 0.3 is 0 Å². The number of hydrogen-bond donors (Lipinski definition) is 1. The predicted molar refractivity (Wildman–Crippen MR) is 79.4 cm³/mol. The number of hydrogen-bond acceptors (Lipinski definition) is 4. The second-order valence-corrected chi connectivity index (χ2v) is 5.99. The number of aromatic nitrogens is 2. The van der Waals surface area contributed by atoms with Crippen LogP contribution in [0.15, 0.2) is 6.20 Å². The molecule has 1 fully saturated rings. The largest absolute Gasteiger partial charge is 0.344 e. The van der Waals surface area contributed by atoms with Gasteiger partial charge in [-0.2, -0.15) is 0 Å². The molecule has 1 N–H and O–H groups in total. The summed E-state index contributed by atoms with van der Waals surface area (Å²) in [4.78, 5) is 11.3. The van der Waals surface area contributed by atoms with E-state index in [-0.39, 0.29) is 0 Å². The lowest BCUT2D eigenvalue weighted by molar-refractivity contribution is 0.320. The molecule has 0 aliphatic heterocycles. The van der Waals surface area contributed by atoms with Gasteiger partial charge in [-0.25, -0.2) is 9.97 Å². The maximum absolute atomic E-state index is 4.64. The van der Waals surface area contributed by atoms with Gasteiger partial charge in [0.05, 0.1) is 0 Å². The first-order valence-corrected chi connectivity index (χ1v) is 7.33. The molecule has 0 unspecified atom stereocenters. The van der Waals surface area contributed by atoms with E-state index in [4.69, 9.17) is 0 Å². The first kappa shape index (κ1) is 14.3. The molecule has 0 radical (unpaired) electrons. The van der Waals surface area contributed by atoms with E-state index in [0.717, 1.165) is 30.6 Å². The smallest absolute Gasteiger partial charge is 0.225 e. The van der Waals surface area contributed by atoms with Crippen molar-refractivity contribution in [1.82, 2.24) is 15.3 Å². The summed E-state index contributed by atoms with van der Waals surface area (Å²) in [6.07, 6.45) is 6.07. The van der Waals surface area contributed by atoms with Gasteiger partial charge in [0, 0.05) is 43.6 Å². The molecule has 0 amide bonds. The lowest BCUT2D eigenvalue weighted by Crippen LogP contribution is -2.30. The molecule has 0 aromatic carbocycles. The minimum absolute atomic E-state index is 0.486. The van der Waals surface area contributed by atoms with Gasteiger partial charge < -0.3 is 10.2 Å². The summed E-state index contributed by atoms with van der Waals surface area (Å²) in [5, 5.41) is 3.41. The number of rotatable bonds is 6. The number of nitrogens with one attached hydrogen (secondary N) is 1. The van der Waals surface area contributed by atoms with Crippen molar-refractivity contribution in [3.63, 3.8) is 0 Å². The van der Waals surface area contributed by atoms with Gasteiger partial charge in [-0.05, 0) is 25.7 Å². The van der Waals surface area contributed by atoms with E-state index in [0.29, 0.717) is 6.04 Å². The van der Waals surface area contributed by atoms with E-state index >= 15 is 0 Å². The lowest BCUT2D eigenvalue weighted by Gasteiger charge is -2.30. The zero-order valence-corrected chi connectivity index (χ0v) is 12.6. The predicted octanol–water partition coefficient (Wildman–Crippen LogP) is 2.52. The highest BCUT2D eigenvalue weighted by atomic mass is 15.2. The quantitative estimate of drug-likeness (QED) is 0.855. The summed E-state index contributed by atoms with van der Waals surface area (Å²) in [6, 6.07) is 0.486. The SMILES string of the molecule is Cc1nc(N(C)CC2CCC2)ncc1CNC(C)C. The van der Waals surface area contributed by atoms with Crippen molar-refractivity contribution in [2.45, 2.75) is 52.6 Å². The van der Waals surface area contributed by atoms with E-state index in [1.807, 2.05) is 6.20 Å². The summed E-state index contributed by atoms with van der Waals surface area (Å²) >= 11 is 0. The molecule has 0 spiro atoms. The Morgan fingerprint density at radius 3 is 2.68 bits per heavy atom. The third kappa shape index (κ3) is 3.90. The van der Waals surface area contributed by atoms with Crippen molar-refractivity contribution < 1.29 is 0 Å². The van der Waals surface area contributed by atoms with Crippen LogP contribution >= 0.6 is 0 Å². The molecular weight excluding hydrogens is 236 g/mol. The third-order valence-corrected chi connectivity index (χ3v) is 3.87. The molecule has 4 heteroatoms. The van der Waals surface area contributed by atoms with Crippen LogP contribution in [0.3, 0.4) is 0 Å². The summed E-state index contributed by atoms with van der Waals surface area (Å²) in [6.45, 7) is 8.30. The van der Waals surface area contributed by atoms with E-state index in [9.17, 15) is 0 Å². The average Bonchev–Trinajstić information content (AvgIpc) is 2.31. The van der Waals surface area contributed by atoms with Crippen molar-refractivity contribution in [2.75, 3.05) is 18.5 Å². The number of aryl methyl sites for hydroxylation is 1. The Morgan fingerprint density at radius 2 is 2.16 bits per heavy atom. The Balaban J connectivity index is 1.96. The van der Waals surface area contributed by atoms with Crippen LogP contribution in [0.1, 0.15) is 44.4 Å². The molecule has 4 nitrogen and oxygen atoms in total. The van der Waals surface area contributed by atoms with Gasteiger partial charge in [-0.1, -0.05) is 20.3 Å². The highest BCUT2D eigenvalue weighted by Gasteiger charge is 2.20. The molecule has 1 aromatic heterocycles. The molecule has 1 aliphatic rings. The standard InChI is InChI=1S/C15H26N4/c1-11(2)16-8-14-9-17-15(18-12(14)3)19(4)10-13-6-5-7-13/h9,11,13,16H,5-8,10H2,1-4H3. The molecule has 19 heavy (non-hydrogen) atoms. The minimum atomic E-state index is 0.486. The van der Waals surface area contributed by atoms with Crippen LogP contribution in [-0.2, 0) is 6.54 Å². The highest BCUT2D eigenvalue weighted by molar-refractivity contribution is 5.32. The summed E-state index contributed by atoms with van der Waals surface area (Å²) < 4.78 is 0. The molecule has 0 saturated heterocycles. The Hall–Kier alpha value is -1.16. The average molecular weight is 262 g/mol. The van der Waals surface area contributed by atoms with Crippen LogP contribution in [-0.4, -0.2) is 29.6 Å². The van der Waals surface area contributed by atoms with Gasteiger partial charge in [0.25, 0.3) is 0 Å². The highest BCUT2D eigenvalue weighted by Crippen LogP contribution is 2.27. The first-order valence-electron chi connectivity index (χ1n) is 7.33. The lowest BCUT2D eigenvalue weighted by atomic mass is 9.85.